The number of aromatic nitrogens is 2. The summed E-state index contributed by atoms with van der Waals surface area (Å²) in [4.78, 5) is 18.9. The third kappa shape index (κ3) is 5.35. The highest BCUT2D eigenvalue weighted by Crippen LogP contribution is 2.24. The molecule has 0 saturated heterocycles. The van der Waals surface area contributed by atoms with Gasteiger partial charge in [-0.05, 0) is 70.2 Å². The lowest BCUT2D eigenvalue weighted by atomic mass is 10.2. The largest absolute Gasteiger partial charge is 0.481 e. The Morgan fingerprint density at radius 1 is 1.09 bits per heavy atom. The summed E-state index contributed by atoms with van der Waals surface area (Å²) in [6, 6.07) is 20.1. The number of hydrogen-bond acceptors (Lipinski definition) is 5. The highest BCUT2D eigenvalue weighted by Gasteiger charge is 2.11. The molecule has 7 heteroatoms. The molecule has 1 amide bonds. The second kappa shape index (κ2) is 10.9. The van der Waals surface area contributed by atoms with Crippen LogP contribution in [-0.4, -0.2) is 41.4 Å². The maximum Gasteiger partial charge on any atom is 0.277 e. The smallest absolute Gasteiger partial charge is 0.277 e. The van der Waals surface area contributed by atoms with E-state index in [1.165, 1.54) is 5.69 Å². The standard InChI is InChI=1S/C28H31N5O2/c1-5-32(6-2)24-12-14-25(15-13-24)33-20(3)17-23(21(33)4)18-30-31-27(34)19-35-26-11-7-9-22-10-8-16-29-28(22)26/h7-18H,5-6,19H2,1-4H3,(H,31,34). The van der Waals surface area contributed by atoms with Crippen molar-refractivity contribution in [1.29, 1.82) is 0 Å². The Balaban J connectivity index is 1.40. The summed E-state index contributed by atoms with van der Waals surface area (Å²) in [5.74, 6) is 0.229. The monoisotopic (exact) mass is 469 g/mol. The number of pyridine rings is 1. The molecule has 0 unspecified atom stereocenters. The lowest BCUT2D eigenvalue weighted by molar-refractivity contribution is -0.123. The summed E-state index contributed by atoms with van der Waals surface area (Å²) in [6.45, 7) is 10.2. The fourth-order valence-corrected chi connectivity index (χ4v) is 4.26. The Kier molecular flexibility index (Phi) is 7.45. The predicted molar refractivity (Wildman–Crippen MR) is 142 cm³/mol. The van der Waals surface area contributed by atoms with E-state index >= 15 is 0 Å². The Hall–Kier alpha value is -4.13. The first kappa shape index (κ1) is 24.0. The van der Waals surface area contributed by atoms with E-state index in [1.54, 1.807) is 18.5 Å². The number of aryl methyl sites for hydroxylation is 1. The van der Waals surface area contributed by atoms with Crippen molar-refractivity contribution in [2.75, 3.05) is 24.6 Å². The molecule has 0 atom stereocenters. The first-order valence-corrected chi connectivity index (χ1v) is 11.8. The zero-order chi connectivity index (χ0) is 24.8. The molecular weight excluding hydrogens is 438 g/mol. The molecule has 1 N–H and O–H groups in total. The van der Waals surface area contributed by atoms with Gasteiger partial charge < -0.3 is 14.2 Å². The molecule has 0 aliphatic carbocycles. The van der Waals surface area contributed by atoms with Crippen molar-refractivity contribution in [1.82, 2.24) is 15.0 Å². The van der Waals surface area contributed by atoms with E-state index in [1.807, 2.05) is 31.2 Å². The summed E-state index contributed by atoms with van der Waals surface area (Å²) in [5, 5.41) is 5.10. The van der Waals surface area contributed by atoms with Crippen LogP contribution in [0.1, 0.15) is 30.8 Å². The first-order chi connectivity index (χ1) is 17.0. The maximum atomic E-state index is 12.3. The number of rotatable bonds is 9. The average Bonchev–Trinajstić information content (AvgIpc) is 3.16. The Bertz CT molecular complexity index is 1330. The van der Waals surface area contributed by atoms with Gasteiger partial charge in [-0.2, -0.15) is 5.10 Å². The predicted octanol–water partition coefficient (Wildman–Crippen LogP) is 5.02. The van der Waals surface area contributed by atoms with E-state index in [2.05, 4.69) is 76.1 Å². The van der Waals surface area contributed by atoms with Crippen molar-refractivity contribution in [2.24, 2.45) is 5.10 Å². The molecule has 0 aliphatic rings. The number of hydrogen-bond donors (Lipinski definition) is 1. The molecule has 7 nitrogen and oxygen atoms in total. The minimum Gasteiger partial charge on any atom is -0.481 e. The number of carbonyl (C=O) groups is 1. The number of fused-ring (bicyclic) bond motifs is 1. The van der Waals surface area contributed by atoms with Crippen molar-refractivity contribution >= 4 is 28.7 Å². The Morgan fingerprint density at radius 3 is 2.57 bits per heavy atom. The van der Waals surface area contributed by atoms with Crippen molar-refractivity contribution in [3.8, 4) is 11.4 Å². The highest BCUT2D eigenvalue weighted by molar-refractivity contribution is 5.86. The van der Waals surface area contributed by atoms with Crippen molar-refractivity contribution in [3.63, 3.8) is 0 Å². The number of amides is 1. The fraction of sp³-hybridized carbons (Fsp3) is 0.250. The molecule has 4 aromatic rings. The van der Waals surface area contributed by atoms with E-state index in [9.17, 15) is 4.79 Å². The summed E-state index contributed by atoms with van der Waals surface area (Å²) in [7, 11) is 0. The van der Waals surface area contributed by atoms with Crippen LogP contribution in [0.2, 0.25) is 0 Å². The minimum atomic E-state index is -0.338. The van der Waals surface area contributed by atoms with E-state index in [4.69, 9.17) is 4.74 Å². The molecule has 2 heterocycles. The third-order valence-electron chi connectivity index (χ3n) is 6.05. The topological polar surface area (TPSA) is 71.8 Å². The zero-order valence-corrected chi connectivity index (χ0v) is 20.7. The second-order valence-electron chi connectivity index (χ2n) is 8.26. The van der Waals surface area contributed by atoms with Gasteiger partial charge in [0.2, 0.25) is 0 Å². The van der Waals surface area contributed by atoms with Crippen LogP contribution in [0.4, 0.5) is 5.69 Å². The van der Waals surface area contributed by atoms with Gasteiger partial charge >= 0.3 is 0 Å². The van der Waals surface area contributed by atoms with Gasteiger partial charge in [0, 0.05) is 53.0 Å². The van der Waals surface area contributed by atoms with Gasteiger partial charge in [-0.1, -0.05) is 18.2 Å². The van der Waals surface area contributed by atoms with Crippen molar-refractivity contribution in [3.05, 3.63) is 83.8 Å². The van der Waals surface area contributed by atoms with Gasteiger partial charge in [-0.25, -0.2) is 5.43 Å². The van der Waals surface area contributed by atoms with Crippen molar-refractivity contribution in [2.45, 2.75) is 27.7 Å². The quantitative estimate of drug-likeness (QED) is 0.276. The molecule has 2 aromatic carbocycles. The van der Waals surface area contributed by atoms with Gasteiger partial charge in [-0.3, -0.25) is 9.78 Å². The summed E-state index contributed by atoms with van der Waals surface area (Å²) < 4.78 is 7.86. The second-order valence-corrected chi connectivity index (χ2v) is 8.26. The van der Waals surface area contributed by atoms with Crippen LogP contribution >= 0.6 is 0 Å². The molecule has 0 bridgehead atoms. The van der Waals surface area contributed by atoms with Crippen LogP contribution in [0.5, 0.6) is 5.75 Å². The van der Waals surface area contributed by atoms with Gasteiger partial charge in [-0.15, -0.1) is 0 Å². The molecule has 0 spiro atoms. The Labute approximate surface area is 206 Å². The molecule has 0 radical (unpaired) electrons. The molecule has 0 saturated carbocycles. The number of benzene rings is 2. The molecule has 2 aromatic heterocycles. The number of nitrogens with zero attached hydrogens (tertiary/aromatic N) is 4. The molecule has 4 rings (SSSR count). The fourth-order valence-electron chi connectivity index (χ4n) is 4.26. The number of carbonyl (C=O) groups excluding carboxylic acids is 1. The third-order valence-corrected chi connectivity index (χ3v) is 6.05. The molecule has 0 fully saturated rings. The Morgan fingerprint density at radius 2 is 1.83 bits per heavy atom. The number of ether oxygens (including phenoxy) is 1. The number of anilines is 1. The molecule has 180 valence electrons. The number of nitrogens with one attached hydrogen (secondary N) is 1. The molecule has 0 aliphatic heterocycles. The van der Waals surface area contributed by atoms with Crippen LogP contribution in [-0.2, 0) is 4.79 Å². The van der Waals surface area contributed by atoms with Gasteiger partial charge in [0.25, 0.3) is 5.91 Å². The van der Waals surface area contributed by atoms with E-state index in [0.717, 1.165) is 46.6 Å². The molecule has 35 heavy (non-hydrogen) atoms. The summed E-state index contributed by atoms with van der Waals surface area (Å²) in [5.41, 5.74) is 8.67. The van der Waals surface area contributed by atoms with Crippen LogP contribution in [0.25, 0.3) is 16.6 Å². The summed E-state index contributed by atoms with van der Waals surface area (Å²) in [6.07, 6.45) is 3.37. The maximum absolute atomic E-state index is 12.3. The lowest BCUT2D eigenvalue weighted by Gasteiger charge is -2.21. The van der Waals surface area contributed by atoms with Gasteiger partial charge in [0.1, 0.15) is 11.3 Å². The van der Waals surface area contributed by atoms with Crippen LogP contribution < -0.4 is 15.1 Å². The van der Waals surface area contributed by atoms with E-state index in [0.29, 0.717) is 5.75 Å². The lowest BCUT2D eigenvalue weighted by Crippen LogP contribution is -2.24. The minimum absolute atomic E-state index is 0.148. The zero-order valence-electron chi connectivity index (χ0n) is 20.7. The summed E-state index contributed by atoms with van der Waals surface area (Å²) >= 11 is 0. The average molecular weight is 470 g/mol. The highest BCUT2D eigenvalue weighted by atomic mass is 16.5. The normalized spacial score (nSPS) is 11.2. The van der Waals surface area contributed by atoms with Crippen LogP contribution in [0.15, 0.2) is 72.0 Å². The molecular formula is C28H31N5O2. The van der Waals surface area contributed by atoms with Crippen LogP contribution in [0.3, 0.4) is 0 Å². The number of para-hydroxylation sites is 1. The van der Waals surface area contributed by atoms with Crippen LogP contribution in [0, 0.1) is 13.8 Å². The number of hydrazone groups is 1. The van der Waals surface area contributed by atoms with Gasteiger partial charge in [0.05, 0.1) is 6.21 Å². The first-order valence-electron chi connectivity index (χ1n) is 11.8. The van der Waals surface area contributed by atoms with E-state index in [-0.39, 0.29) is 12.5 Å². The van der Waals surface area contributed by atoms with Gasteiger partial charge in [0.15, 0.2) is 6.61 Å². The van der Waals surface area contributed by atoms with Crippen molar-refractivity contribution < 1.29 is 9.53 Å². The SMILES string of the molecule is CCN(CC)c1ccc(-n2c(C)cc(C=NNC(=O)COc3cccc4cccnc34)c2C)cc1. The van der Waals surface area contributed by atoms with E-state index < -0.39 is 0 Å².